The summed E-state index contributed by atoms with van der Waals surface area (Å²) in [6, 6.07) is 7.21. The minimum absolute atomic E-state index is 0.00139. The number of likely N-dealkylation sites (tertiary alicyclic amines) is 1. The van der Waals surface area contributed by atoms with E-state index in [1.54, 1.807) is 19.1 Å². The highest BCUT2D eigenvalue weighted by molar-refractivity contribution is 5.94. The van der Waals surface area contributed by atoms with E-state index in [0.717, 1.165) is 37.8 Å². The van der Waals surface area contributed by atoms with Crippen molar-refractivity contribution in [2.24, 2.45) is 5.92 Å². The van der Waals surface area contributed by atoms with Crippen LogP contribution in [0.5, 0.6) is 0 Å². The van der Waals surface area contributed by atoms with Crippen molar-refractivity contribution < 1.29 is 14.1 Å². The van der Waals surface area contributed by atoms with Gasteiger partial charge in [0.15, 0.2) is 5.82 Å². The van der Waals surface area contributed by atoms with Gasteiger partial charge in [0.1, 0.15) is 0 Å². The molecule has 28 heavy (non-hydrogen) atoms. The number of carbonyl (C=O) groups is 2. The number of carbonyl (C=O) groups excluding carboxylic acids is 2. The standard InChI is InChI=1S/C21H28N4O3/c1-4-5-12-24(3)20(26)18-10-13-25(14-11-18)21(27)17-8-6-16(7-9-17)19-22-15(2)23-28-19/h6-9,18H,4-5,10-14H2,1-3H3. The van der Waals surface area contributed by atoms with Crippen molar-refractivity contribution in [1.29, 1.82) is 0 Å². The van der Waals surface area contributed by atoms with Crippen LogP contribution in [0.2, 0.25) is 0 Å². The number of unbranched alkanes of at least 4 members (excludes halogenated alkanes) is 1. The zero-order valence-electron chi connectivity index (χ0n) is 16.9. The number of rotatable bonds is 6. The first kappa shape index (κ1) is 20.0. The van der Waals surface area contributed by atoms with E-state index in [0.29, 0.717) is 30.4 Å². The van der Waals surface area contributed by atoms with E-state index >= 15 is 0 Å². The maximum Gasteiger partial charge on any atom is 0.257 e. The first-order valence-electron chi connectivity index (χ1n) is 9.94. The third-order valence-corrected chi connectivity index (χ3v) is 5.26. The van der Waals surface area contributed by atoms with Gasteiger partial charge in [-0.05, 0) is 50.5 Å². The lowest BCUT2D eigenvalue weighted by atomic mass is 9.94. The van der Waals surface area contributed by atoms with Gasteiger partial charge in [0.25, 0.3) is 11.8 Å². The molecule has 150 valence electrons. The molecular weight excluding hydrogens is 356 g/mol. The molecule has 1 fully saturated rings. The lowest BCUT2D eigenvalue weighted by Crippen LogP contribution is -2.43. The van der Waals surface area contributed by atoms with Crippen molar-refractivity contribution in [2.45, 2.75) is 39.5 Å². The van der Waals surface area contributed by atoms with Gasteiger partial charge in [-0.2, -0.15) is 4.98 Å². The Labute approximate surface area is 165 Å². The van der Waals surface area contributed by atoms with Gasteiger partial charge in [-0.15, -0.1) is 0 Å². The van der Waals surface area contributed by atoms with E-state index in [1.807, 2.05) is 29.0 Å². The highest BCUT2D eigenvalue weighted by Crippen LogP contribution is 2.23. The molecule has 1 aromatic carbocycles. The van der Waals surface area contributed by atoms with Crippen molar-refractivity contribution in [3.05, 3.63) is 35.7 Å². The number of benzene rings is 1. The number of amides is 2. The second-order valence-electron chi connectivity index (χ2n) is 7.40. The van der Waals surface area contributed by atoms with E-state index in [1.165, 1.54) is 0 Å². The second kappa shape index (κ2) is 8.99. The maximum absolute atomic E-state index is 12.8. The Balaban J connectivity index is 1.55. The average molecular weight is 384 g/mol. The Hall–Kier alpha value is -2.70. The summed E-state index contributed by atoms with van der Waals surface area (Å²) in [5, 5.41) is 3.78. The Bertz CT molecular complexity index is 807. The summed E-state index contributed by atoms with van der Waals surface area (Å²) in [6.07, 6.45) is 3.55. The lowest BCUT2D eigenvalue weighted by Gasteiger charge is -2.33. The van der Waals surface area contributed by atoms with Crippen molar-refractivity contribution >= 4 is 11.8 Å². The summed E-state index contributed by atoms with van der Waals surface area (Å²) in [5.41, 5.74) is 1.42. The highest BCUT2D eigenvalue weighted by Gasteiger charge is 2.29. The molecule has 0 saturated carbocycles. The summed E-state index contributed by atoms with van der Waals surface area (Å²) >= 11 is 0. The van der Waals surface area contributed by atoms with E-state index in [2.05, 4.69) is 17.1 Å². The molecule has 3 rings (SSSR count). The van der Waals surface area contributed by atoms with Gasteiger partial charge in [-0.25, -0.2) is 0 Å². The summed E-state index contributed by atoms with van der Waals surface area (Å²) in [6.45, 7) is 5.92. The molecule has 7 nitrogen and oxygen atoms in total. The third-order valence-electron chi connectivity index (χ3n) is 5.26. The van der Waals surface area contributed by atoms with E-state index in [4.69, 9.17) is 4.52 Å². The molecule has 2 amide bonds. The van der Waals surface area contributed by atoms with Crippen LogP contribution >= 0.6 is 0 Å². The molecule has 0 N–H and O–H groups in total. The van der Waals surface area contributed by atoms with Gasteiger partial charge in [-0.3, -0.25) is 9.59 Å². The van der Waals surface area contributed by atoms with Crippen LogP contribution in [0.4, 0.5) is 0 Å². The van der Waals surface area contributed by atoms with Gasteiger partial charge in [-0.1, -0.05) is 18.5 Å². The van der Waals surface area contributed by atoms with E-state index < -0.39 is 0 Å². The highest BCUT2D eigenvalue weighted by atomic mass is 16.5. The third kappa shape index (κ3) is 4.58. The fourth-order valence-corrected chi connectivity index (χ4v) is 3.50. The first-order valence-corrected chi connectivity index (χ1v) is 9.94. The fraction of sp³-hybridized carbons (Fsp3) is 0.524. The zero-order chi connectivity index (χ0) is 20.1. The van der Waals surface area contributed by atoms with Gasteiger partial charge in [0, 0.05) is 43.7 Å². The first-order chi connectivity index (χ1) is 13.5. The summed E-state index contributed by atoms with van der Waals surface area (Å²) in [5.74, 6) is 1.25. The lowest BCUT2D eigenvalue weighted by molar-refractivity contribution is -0.135. The predicted octanol–water partition coefficient (Wildman–Crippen LogP) is 3.16. The molecule has 0 atom stereocenters. The van der Waals surface area contributed by atoms with Gasteiger partial charge < -0.3 is 14.3 Å². The molecule has 0 radical (unpaired) electrons. The molecule has 7 heteroatoms. The van der Waals surface area contributed by atoms with Crippen LogP contribution in [0, 0.1) is 12.8 Å². The van der Waals surface area contributed by atoms with Crippen LogP contribution in [-0.2, 0) is 4.79 Å². The van der Waals surface area contributed by atoms with Crippen molar-refractivity contribution in [3.8, 4) is 11.5 Å². The largest absolute Gasteiger partial charge is 0.346 e. The molecular formula is C21H28N4O3. The topological polar surface area (TPSA) is 79.5 Å². The molecule has 1 aliphatic rings. The van der Waals surface area contributed by atoms with Crippen molar-refractivity contribution in [1.82, 2.24) is 19.9 Å². The zero-order valence-corrected chi connectivity index (χ0v) is 16.9. The van der Waals surface area contributed by atoms with Crippen LogP contribution in [0.15, 0.2) is 28.8 Å². The summed E-state index contributed by atoms with van der Waals surface area (Å²) < 4.78 is 5.15. The molecule has 0 aliphatic carbocycles. The molecule has 0 spiro atoms. The molecule has 0 bridgehead atoms. The van der Waals surface area contributed by atoms with Crippen LogP contribution in [0.1, 0.15) is 48.8 Å². The molecule has 1 aromatic heterocycles. The monoisotopic (exact) mass is 384 g/mol. The average Bonchev–Trinajstić information content (AvgIpc) is 3.17. The van der Waals surface area contributed by atoms with Gasteiger partial charge in [0.05, 0.1) is 0 Å². The normalized spacial score (nSPS) is 14.9. The molecule has 1 aliphatic heterocycles. The molecule has 2 aromatic rings. The number of piperidine rings is 1. The minimum atomic E-state index is -0.00139. The SMILES string of the molecule is CCCCN(C)C(=O)C1CCN(C(=O)c2ccc(-c3nc(C)no3)cc2)CC1. The van der Waals surface area contributed by atoms with Crippen LogP contribution in [-0.4, -0.2) is 58.4 Å². The fourth-order valence-electron chi connectivity index (χ4n) is 3.50. The number of hydrogen-bond acceptors (Lipinski definition) is 5. The Morgan fingerprint density at radius 1 is 1.21 bits per heavy atom. The number of aryl methyl sites for hydroxylation is 1. The Morgan fingerprint density at radius 3 is 2.46 bits per heavy atom. The van der Waals surface area contributed by atoms with Crippen molar-refractivity contribution in [3.63, 3.8) is 0 Å². The molecule has 1 saturated heterocycles. The Morgan fingerprint density at radius 2 is 1.89 bits per heavy atom. The van der Waals surface area contributed by atoms with Crippen LogP contribution in [0.3, 0.4) is 0 Å². The summed E-state index contributed by atoms with van der Waals surface area (Å²) in [7, 11) is 1.88. The number of nitrogens with zero attached hydrogens (tertiary/aromatic N) is 4. The summed E-state index contributed by atoms with van der Waals surface area (Å²) in [4.78, 5) is 33.2. The van der Waals surface area contributed by atoms with Gasteiger partial charge >= 0.3 is 0 Å². The van der Waals surface area contributed by atoms with Crippen LogP contribution in [0.25, 0.3) is 11.5 Å². The minimum Gasteiger partial charge on any atom is -0.346 e. The van der Waals surface area contributed by atoms with Gasteiger partial charge in [0.2, 0.25) is 5.91 Å². The second-order valence-corrected chi connectivity index (χ2v) is 7.40. The molecule has 0 unspecified atom stereocenters. The number of aromatic nitrogens is 2. The van der Waals surface area contributed by atoms with Crippen LogP contribution < -0.4 is 0 Å². The Kier molecular flexibility index (Phi) is 6.44. The van der Waals surface area contributed by atoms with E-state index in [-0.39, 0.29) is 17.7 Å². The number of hydrogen-bond donors (Lipinski definition) is 0. The predicted molar refractivity (Wildman–Crippen MR) is 106 cm³/mol. The smallest absolute Gasteiger partial charge is 0.257 e. The molecule has 2 heterocycles. The maximum atomic E-state index is 12.8. The quantitative estimate of drug-likeness (QED) is 0.764. The van der Waals surface area contributed by atoms with Crippen molar-refractivity contribution in [2.75, 3.05) is 26.7 Å². The van der Waals surface area contributed by atoms with E-state index in [9.17, 15) is 9.59 Å².